The Kier molecular flexibility index (Phi) is 7.08. The van der Waals surface area contributed by atoms with E-state index in [9.17, 15) is 8.42 Å². The second-order valence-corrected chi connectivity index (χ2v) is 4.96. The highest BCUT2D eigenvalue weighted by atomic mass is 32.2. The smallest absolute Gasteiger partial charge is 0.212 e. The van der Waals surface area contributed by atoms with Crippen LogP contribution < -0.4 is 10.0 Å². The molecular weight excluding hydrogens is 204 g/mol. The molecule has 6 heteroatoms. The van der Waals surface area contributed by atoms with Crippen LogP contribution in [0.3, 0.4) is 0 Å². The first-order valence-corrected chi connectivity index (χ1v) is 6.40. The van der Waals surface area contributed by atoms with E-state index in [1.54, 1.807) is 7.05 Å². The summed E-state index contributed by atoms with van der Waals surface area (Å²) in [4.78, 5) is 0. The van der Waals surface area contributed by atoms with Crippen molar-refractivity contribution in [3.63, 3.8) is 0 Å². The second kappa shape index (κ2) is 7.17. The minimum Gasteiger partial charge on any atom is -0.377 e. The van der Waals surface area contributed by atoms with E-state index in [0.717, 1.165) is 0 Å². The van der Waals surface area contributed by atoms with Crippen LogP contribution in [0, 0.1) is 0 Å². The first-order chi connectivity index (χ1) is 6.52. The predicted octanol–water partition coefficient (Wildman–Crippen LogP) is -0.450. The van der Waals surface area contributed by atoms with Gasteiger partial charge in [0.1, 0.15) is 0 Å². The summed E-state index contributed by atoms with van der Waals surface area (Å²) >= 11 is 0. The van der Waals surface area contributed by atoms with Gasteiger partial charge in [-0.05, 0) is 20.9 Å². The number of nitrogens with one attached hydrogen (secondary N) is 2. The van der Waals surface area contributed by atoms with Gasteiger partial charge in [0.25, 0.3) is 0 Å². The van der Waals surface area contributed by atoms with Crippen molar-refractivity contribution in [1.29, 1.82) is 0 Å². The quantitative estimate of drug-likeness (QED) is 0.586. The molecule has 0 aliphatic heterocycles. The van der Waals surface area contributed by atoms with Crippen LogP contribution in [-0.4, -0.2) is 47.0 Å². The Morgan fingerprint density at radius 2 is 2.07 bits per heavy atom. The lowest BCUT2D eigenvalue weighted by Gasteiger charge is -2.12. The number of sulfonamides is 1. The van der Waals surface area contributed by atoms with Gasteiger partial charge in [0.05, 0.1) is 11.9 Å². The average Bonchev–Trinajstić information content (AvgIpc) is 2.13. The van der Waals surface area contributed by atoms with Gasteiger partial charge >= 0.3 is 0 Å². The first kappa shape index (κ1) is 13.8. The lowest BCUT2D eigenvalue weighted by molar-refractivity contribution is 0.0799. The monoisotopic (exact) mass is 224 g/mol. The molecule has 0 amide bonds. The van der Waals surface area contributed by atoms with E-state index in [-0.39, 0.29) is 11.9 Å². The van der Waals surface area contributed by atoms with Crippen molar-refractivity contribution in [2.24, 2.45) is 0 Å². The third-order valence-corrected chi connectivity index (χ3v) is 3.01. The molecule has 0 radical (unpaired) electrons. The summed E-state index contributed by atoms with van der Waals surface area (Å²) in [5.74, 6) is 0.0995. The summed E-state index contributed by atoms with van der Waals surface area (Å²) in [6.45, 7) is 5.10. The summed E-state index contributed by atoms with van der Waals surface area (Å²) in [5, 5.41) is 2.79. The second-order valence-electron chi connectivity index (χ2n) is 3.04. The molecule has 0 saturated heterocycles. The maximum atomic E-state index is 11.3. The minimum atomic E-state index is -3.15. The molecule has 0 aromatic carbocycles. The normalized spacial score (nSPS) is 14.2. The average molecular weight is 224 g/mol. The van der Waals surface area contributed by atoms with Gasteiger partial charge in [0.15, 0.2) is 0 Å². The Bertz CT molecular complexity index is 229. The highest BCUT2D eigenvalue weighted by Gasteiger charge is 2.10. The van der Waals surface area contributed by atoms with Crippen LogP contribution in [0.1, 0.15) is 13.8 Å². The molecule has 0 aromatic heterocycles. The molecule has 0 heterocycles. The minimum absolute atomic E-state index is 0.0793. The molecule has 0 fully saturated rings. The molecule has 1 unspecified atom stereocenters. The van der Waals surface area contributed by atoms with E-state index in [1.165, 1.54) is 0 Å². The highest BCUT2D eigenvalue weighted by Crippen LogP contribution is 1.90. The summed E-state index contributed by atoms with van der Waals surface area (Å²) in [7, 11) is -1.43. The highest BCUT2D eigenvalue weighted by molar-refractivity contribution is 7.89. The van der Waals surface area contributed by atoms with Gasteiger partial charge in [-0.25, -0.2) is 13.1 Å². The zero-order chi connectivity index (χ0) is 11.0. The van der Waals surface area contributed by atoms with Crippen molar-refractivity contribution in [2.75, 3.05) is 32.5 Å². The van der Waals surface area contributed by atoms with E-state index in [1.807, 2.05) is 13.8 Å². The van der Waals surface area contributed by atoms with Crippen LogP contribution in [0.15, 0.2) is 0 Å². The molecule has 0 aliphatic carbocycles. The molecule has 0 spiro atoms. The zero-order valence-electron chi connectivity index (χ0n) is 9.04. The van der Waals surface area contributed by atoms with Crippen molar-refractivity contribution in [3.05, 3.63) is 0 Å². The maximum Gasteiger partial charge on any atom is 0.212 e. The van der Waals surface area contributed by atoms with Gasteiger partial charge in [-0.1, -0.05) is 0 Å². The van der Waals surface area contributed by atoms with Crippen LogP contribution in [-0.2, 0) is 14.8 Å². The van der Waals surface area contributed by atoms with Crippen LogP contribution in [0.25, 0.3) is 0 Å². The fraction of sp³-hybridized carbons (Fsp3) is 1.00. The summed E-state index contributed by atoms with van der Waals surface area (Å²) in [5.41, 5.74) is 0. The van der Waals surface area contributed by atoms with E-state index < -0.39 is 10.0 Å². The van der Waals surface area contributed by atoms with Gasteiger partial charge in [0, 0.05) is 19.7 Å². The Labute approximate surface area is 86.3 Å². The van der Waals surface area contributed by atoms with Crippen molar-refractivity contribution in [2.45, 2.75) is 20.0 Å². The van der Waals surface area contributed by atoms with Crippen LogP contribution in [0.2, 0.25) is 0 Å². The van der Waals surface area contributed by atoms with Gasteiger partial charge in [-0.3, -0.25) is 0 Å². The Balaban J connectivity index is 3.75. The van der Waals surface area contributed by atoms with E-state index in [4.69, 9.17) is 4.74 Å². The third kappa shape index (κ3) is 7.25. The number of hydrogen-bond donors (Lipinski definition) is 2. The largest absolute Gasteiger partial charge is 0.377 e. The van der Waals surface area contributed by atoms with E-state index >= 15 is 0 Å². The maximum absolute atomic E-state index is 11.3. The number of hydrogen-bond acceptors (Lipinski definition) is 4. The lowest BCUT2D eigenvalue weighted by Crippen LogP contribution is -2.36. The molecule has 0 rings (SSSR count). The van der Waals surface area contributed by atoms with Crippen molar-refractivity contribution >= 4 is 10.0 Å². The molecule has 0 aromatic rings. The third-order valence-electron chi connectivity index (χ3n) is 1.66. The van der Waals surface area contributed by atoms with Crippen molar-refractivity contribution in [3.8, 4) is 0 Å². The molecule has 86 valence electrons. The molecule has 0 bridgehead atoms. The van der Waals surface area contributed by atoms with Gasteiger partial charge in [-0.15, -0.1) is 0 Å². The lowest BCUT2D eigenvalue weighted by atomic mass is 10.4. The molecular formula is C8H20N2O3S. The van der Waals surface area contributed by atoms with Crippen molar-refractivity contribution in [1.82, 2.24) is 10.0 Å². The SMILES string of the molecule is CCOC(C)CNS(=O)(=O)CCNC. The van der Waals surface area contributed by atoms with E-state index in [0.29, 0.717) is 19.7 Å². The summed E-state index contributed by atoms with van der Waals surface area (Å²) in [6.07, 6.45) is -0.0793. The molecule has 1 atom stereocenters. The summed E-state index contributed by atoms with van der Waals surface area (Å²) < 4.78 is 30.3. The fourth-order valence-corrected chi connectivity index (χ4v) is 2.00. The van der Waals surface area contributed by atoms with Gasteiger partial charge in [0.2, 0.25) is 10.0 Å². The molecule has 2 N–H and O–H groups in total. The fourth-order valence-electron chi connectivity index (χ4n) is 0.896. The molecule has 0 saturated carbocycles. The van der Waals surface area contributed by atoms with E-state index in [2.05, 4.69) is 10.0 Å². The standard InChI is InChI=1S/C8H20N2O3S/c1-4-13-8(2)7-10-14(11,12)6-5-9-3/h8-10H,4-7H2,1-3H3. The molecule has 0 aliphatic rings. The van der Waals surface area contributed by atoms with Crippen LogP contribution in [0.5, 0.6) is 0 Å². The summed E-state index contributed by atoms with van der Waals surface area (Å²) in [6, 6.07) is 0. The first-order valence-electron chi connectivity index (χ1n) is 4.75. The topological polar surface area (TPSA) is 67.4 Å². The molecule has 14 heavy (non-hydrogen) atoms. The predicted molar refractivity (Wildman–Crippen MR) is 56.8 cm³/mol. The number of ether oxygens (including phenoxy) is 1. The Hall–Kier alpha value is -0.170. The van der Waals surface area contributed by atoms with Crippen molar-refractivity contribution < 1.29 is 13.2 Å². The van der Waals surface area contributed by atoms with Gasteiger partial charge in [-0.2, -0.15) is 0 Å². The van der Waals surface area contributed by atoms with Gasteiger partial charge < -0.3 is 10.1 Å². The Morgan fingerprint density at radius 3 is 2.57 bits per heavy atom. The zero-order valence-corrected chi connectivity index (χ0v) is 9.86. The Morgan fingerprint density at radius 1 is 1.43 bits per heavy atom. The molecule has 5 nitrogen and oxygen atoms in total. The van der Waals surface area contributed by atoms with Crippen LogP contribution in [0.4, 0.5) is 0 Å². The van der Waals surface area contributed by atoms with Crippen LogP contribution >= 0.6 is 0 Å². The number of rotatable bonds is 8.